The lowest BCUT2D eigenvalue weighted by Gasteiger charge is -2.50. The van der Waals surface area contributed by atoms with Gasteiger partial charge in [-0.3, -0.25) is 0 Å². The smallest absolute Gasteiger partial charge is 0.0604 e. The van der Waals surface area contributed by atoms with Crippen LogP contribution in [-0.4, -0.2) is 0 Å². The number of benzene rings is 6. The number of nitrogens with zero attached hydrogens (tertiary/aromatic N) is 1. The van der Waals surface area contributed by atoms with Crippen molar-refractivity contribution in [2.24, 2.45) is 23.7 Å². The Morgan fingerprint density at radius 1 is 0.527 bits per heavy atom. The van der Waals surface area contributed by atoms with Crippen LogP contribution in [0.1, 0.15) is 88.5 Å². The SMILES string of the molecule is CC1(C)CCC(C)(C)c2c(N(c3ccc(-c4ccccc4)cc3)c3cccc4c3Sc3ccc(-c5ccccc5)cc3C43C4CC5CC(C4)C3C5)cccc21. The van der Waals surface area contributed by atoms with Crippen molar-refractivity contribution in [3.63, 3.8) is 0 Å². The molecule has 12 rings (SSSR count). The fourth-order valence-electron chi connectivity index (χ4n) is 12.5. The van der Waals surface area contributed by atoms with E-state index in [0.29, 0.717) is 11.8 Å². The maximum absolute atomic E-state index is 2.67. The Kier molecular flexibility index (Phi) is 7.51. The molecule has 0 N–H and O–H groups in total. The van der Waals surface area contributed by atoms with Crippen molar-refractivity contribution in [2.45, 2.75) is 92.3 Å². The molecule has 5 atom stereocenters. The summed E-state index contributed by atoms with van der Waals surface area (Å²) in [5, 5.41) is 0. The van der Waals surface area contributed by atoms with Crippen LogP contribution in [-0.2, 0) is 16.2 Å². The van der Waals surface area contributed by atoms with Gasteiger partial charge in [0.1, 0.15) is 0 Å². The molecule has 1 aliphatic heterocycles. The minimum Gasteiger partial charge on any atom is -0.309 e. The predicted molar refractivity (Wildman–Crippen MR) is 231 cm³/mol. The van der Waals surface area contributed by atoms with E-state index < -0.39 is 0 Å². The Labute approximate surface area is 332 Å². The van der Waals surface area contributed by atoms with Gasteiger partial charge in [-0.25, -0.2) is 0 Å². The van der Waals surface area contributed by atoms with Gasteiger partial charge in [-0.15, -0.1) is 0 Å². The van der Waals surface area contributed by atoms with Crippen molar-refractivity contribution in [1.82, 2.24) is 0 Å². The molecule has 6 aliphatic rings. The van der Waals surface area contributed by atoms with Crippen LogP contribution < -0.4 is 4.90 Å². The molecule has 1 nitrogen and oxygen atoms in total. The predicted octanol–water partition coefficient (Wildman–Crippen LogP) is 14.7. The van der Waals surface area contributed by atoms with E-state index >= 15 is 0 Å². The van der Waals surface area contributed by atoms with Gasteiger partial charge in [-0.05, 0) is 154 Å². The van der Waals surface area contributed by atoms with Crippen LogP contribution in [0, 0.1) is 23.7 Å². The molecule has 6 aromatic carbocycles. The highest BCUT2D eigenvalue weighted by Crippen LogP contribution is 2.73. The highest BCUT2D eigenvalue weighted by atomic mass is 32.2. The maximum atomic E-state index is 2.67. The number of anilines is 3. The molecule has 4 saturated carbocycles. The van der Waals surface area contributed by atoms with Gasteiger partial charge in [-0.2, -0.15) is 0 Å². The Morgan fingerprint density at radius 2 is 1.16 bits per heavy atom. The highest BCUT2D eigenvalue weighted by molar-refractivity contribution is 7.99. The Morgan fingerprint density at radius 3 is 1.89 bits per heavy atom. The third kappa shape index (κ3) is 4.99. The van der Waals surface area contributed by atoms with Crippen molar-refractivity contribution in [1.29, 1.82) is 0 Å². The summed E-state index contributed by atoms with van der Waals surface area (Å²) in [5.74, 6) is 3.14. The lowest BCUT2D eigenvalue weighted by Crippen LogP contribution is -2.44. The molecule has 4 fully saturated rings. The Hall–Kier alpha value is -4.53. The summed E-state index contributed by atoms with van der Waals surface area (Å²) in [5.41, 5.74) is 15.5. The molecule has 6 aromatic rings. The van der Waals surface area contributed by atoms with E-state index in [9.17, 15) is 0 Å². The molecule has 0 saturated heterocycles. The van der Waals surface area contributed by atoms with Gasteiger partial charge in [0, 0.05) is 20.9 Å². The molecule has 5 aliphatic carbocycles. The van der Waals surface area contributed by atoms with Crippen molar-refractivity contribution in [2.75, 3.05) is 4.90 Å². The molecule has 55 heavy (non-hydrogen) atoms. The molecule has 0 amide bonds. The molecular weight excluding hydrogens is 683 g/mol. The summed E-state index contributed by atoms with van der Waals surface area (Å²) in [6.07, 6.45) is 7.94. The summed E-state index contributed by atoms with van der Waals surface area (Å²) < 4.78 is 0. The number of rotatable bonds is 5. The largest absolute Gasteiger partial charge is 0.309 e. The zero-order chi connectivity index (χ0) is 37.1. The van der Waals surface area contributed by atoms with Gasteiger partial charge >= 0.3 is 0 Å². The third-order valence-electron chi connectivity index (χ3n) is 14.9. The molecule has 0 aromatic heterocycles. The standard InChI is InChI=1S/C53H51NS/c1-51(2)27-28-52(3,4)49-42(51)17-11-19-46(49)54(41-24-21-37(22-25-41)35-13-7-5-8-14-35)47-20-12-18-43-50(47)55-48-26-23-38(36-15-9-6-10-16-36)33-45(48)53(43)40-30-34-29-39(32-40)44(53)31-34/h5-26,33-34,39-40,44H,27-32H2,1-4H3. The van der Waals surface area contributed by atoms with Gasteiger partial charge in [0.15, 0.2) is 0 Å². The molecule has 1 spiro atoms. The monoisotopic (exact) mass is 733 g/mol. The average Bonchev–Trinajstić information content (AvgIpc) is 3.62. The third-order valence-corrected chi connectivity index (χ3v) is 16.2. The minimum atomic E-state index is 0.0502. The van der Waals surface area contributed by atoms with Gasteiger partial charge in [0.2, 0.25) is 0 Å². The van der Waals surface area contributed by atoms with E-state index in [1.54, 1.807) is 11.1 Å². The first-order chi connectivity index (χ1) is 26.7. The van der Waals surface area contributed by atoms with E-state index in [4.69, 9.17) is 0 Å². The average molecular weight is 734 g/mol. The highest BCUT2D eigenvalue weighted by Gasteiger charge is 2.65. The van der Waals surface area contributed by atoms with Crippen LogP contribution in [0.5, 0.6) is 0 Å². The molecule has 4 bridgehead atoms. The normalized spacial score (nSPS) is 26.0. The van der Waals surface area contributed by atoms with Crippen LogP contribution in [0.3, 0.4) is 0 Å². The van der Waals surface area contributed by atoms with Crippen LogP contribution in [0.15, 0.2) is 149 Å². The molecule has 274 valence electrons. The molecule has 1 heterocycles. The zero-order valence-corrected chi connectivity index (χ0v) is 33.5. The lowest BCUT2D eigenvalue weighted by atomic mass is 9.57. The van der Waals surface area contributed by atoms with E-state index in [1.165, 1.54) is 98.8 Å². The van der Waals surface area contributed by atoms with Gasteiger partial charge in [0.05, 0.1) is 11.4 Å². The van der Waals surface area contributed by atoms with Gasteiger partial charge in [0.25, 0.3) is 0 Å². The van der Waals surface area contributed by atoms with Crippen LogP contribution in [0.4, 0.5) is 17.1 Å². The summed E-state index contributed by atoms with van der Waals surface area (Å²) in [4.78, 5) is 5.60. The van der Waals surface area contributed by atoms with E-state index in [-0.39, 0.29) is 16.2 Å². The van der Waals surface area contributed by atoms with Crippen LogP contribution in [0.25, 0.3) is 22.3 Å². The molecule has 0 radical (unpaired) electrons. The fraction of sp³-hybridized carbons (Fsp3) is 0.321. The fourth-order valence-corrected chi connectivity index (χ4v) is 13.8. The summed E-state index contributed by atoms with van der Waals surface area (Å²) >= 11 is 2.04. The Balaban J connectivity index is 1.16. The minimum absolute atomic E-state index is 0.0502. The lowest BCUT2D eigenvalue weighted by molar-refractivity contribution is 0.181. The first kappa shape index (κ1) is 33.8. The second kappa shape index (κ2) is 12.2. The first-order valence-corrected chi connectivity index (χ1v) is 21.6. The van der Waals surface area contributed by atoms with Crippen molar-refractivity contribution in [3.05, 3.63) is 162 Å². The first-order valence-electron chi connectivity index (χ1n) is 20.8. The zero-order valence-electron chi connectivity index (χ0n) is 32.7. The van der Waals surface area contributed by atoms with Crippen molar-refractivity contribution < 1.29 is 0 Å². The van der Waals surface area contributed by atoms with Gasteiger partial charge in [-0.1, -0.05) is 143 Å². The topological polar surface area (TPSA) is 3.24 Å². The number of hydrogen-bond donors (Lipinski definition) is 0. The molecule has 2 heteroatoms. The summed E-state index contributed by atoms with van der Waals surface area (Å²) in [6, 6.07) is 53.4. The van der Waals surface area contributed by atoms with Crippen molar-refractivity contribution in [3.8, 4) is 22.3 Å². The molecular formula is C53H51NS. The number of hydrogen-bond acceptors (Lipinski definition) is 2. The van der Waals surface area contributed by atoms with Crippen LogP contribution >= 0.6 is 11.8 Å². The van der Waals surface area contributed by atoms with E-state index in [2.05, 4.69) is 172 Å². The van der Waals surface area contributed by atoms with Crippen molar-refractivity contribution >= 4 is 28.8 Å². The van der Waals surface area contributed by atoms with Crippen LogP contribution in [0.2, 0.25) is 0 Å². The number of fused-ring (bicyclic) bond motifs is 3. The van der Waals surface area contributed by atoms with E-state index in [1.807, 2.05) is 11.8 Å². The van der Waals surface area contributed by atoms with E-state index in [0.717, 1.165) is 11.8 Å². The Bertz CT molecular complexity index is 2440. The quantitative estimate of drug-likeness (QED) is 0.174. The summed E-state index contributed by atoms with van der Waals surface area (Å²) in [6.45, 7) is 9.88. The summed E-state index contributed by atoms with van der Waals surface area (Å²) in [7, 11) is 0. The second-order valence-corrected chi connectivity index (χ2v) is 19.8. The second-order valence-electron chi connectivity index (χ2n) is 18.8. The van der Waals surface area contributed by atoms with Gasteiger partial charge < -0.3 is 4.90 Å². The molecule has 5 unspecified atom stereocenters. The maximum Gasteiger partial charge on any atom is 0.0604 e.